The predicted molar refractivity (Wildman–Crippen MR) is 75.8 cm³/mol. The van der Waals surface area contributed by atoms with Crippen LogP contribution in [0.2, 0.25) is 5.15 Å². The van der Waals surface area contributed by atoms with Gasteiger partial charge in [0, 0.05) is 31.3 Å². The summed E-state index contributed by atoms with van der Waals surface area (Å²) in [5.41, 5.74) is 1.51. The minimum absolute atomic E-state index is 0.0149. The maximum absolute atomic E-state index is 11.7. The van der Waals surface area contributed by atoms with E-state index >= 15 is 0 Å². The van der Waals surface area contributed by atoms with Gasteiger partial charge < -0.3 is 10.4 Å². The Labute approximate surface area is 118 Å². The number of aliphatic hydroxyl groups is 1. The van der Waals surface area contributed by atoms with Gasteiger partial charge in [0.15, 0.2) is 0 Å². The molecule has 1 aromatic rings. The quantitative estimate of drug-likeness (QED) is 0.806. The van der Waals surface area contributed by atoms with Crippen molar-refractivity contribution in [2.75, 3.05) is 6.61 Å². The molecule has 6 heteroatoms. The second-order valence-electron chi connectivity index (χ2n) is 4.70. The van der Waals surface area contributed by atoms with Gasteiger partial charge in [-0.25, -0.2) is 0 Å². The molecule has 0 fully saturated rings. The molecule has 0 bridgehead atoms. The fraction of sp³-hybridized carbons (Fsp3) is 0.538. The number of aryl methyl sites for hydroxylation is 2. The molecule has 0 aliphatic carbocycles. The number of rotatable bonds is 5. The van der Waals surface area contributed by atoms with Crippen molar-refractivity contribution in [3.63, 3.8) is 0 Å². The first kappa shape index (κ1) is 15.7. The summed E-state index contributed by atoms with van der Waals surface area (Å²) in [6, 6.07) is -0.0902. The van der Waals surface area contributed by atoms with E-state index in [0.29, 0.717) is 5.15 Å². The second-order valence-corrected chi connectivity index (χ2v) is 5.06. The third kappa shape index (κ3) is 4.08. The van der Waals surface area contributed by atoms with E-state index < -0.39 is 0 Å². The molecule has 0 aliphatic heterocycles. The van der Waals surface area contributed by atoms with E-state index in [1.807, 2.05) is 20.8 Å². The van der Waals surface area contributed by atoms with E-state index in [9.17, 15) is 4.79 Å². The molecule has 1 aromatic heterocycles. The Morgan fingerprint density at radius 1 is 1.58 bits per heavy atom. The van der Waals surface area contributed by atoms with E-state index in [0.717, 1.165) is 11.3 Å². The molecular formula is C13H20ClN3O2. The lowest BCUT2D eigenvalue weighted by atomic mass is 10.1. The summed E-state index contributed by atoms with van der Waals surface area (Å²) < 4.78 is 1.56. The van der Waals surface area contributed by atoms with Crippen LogP contribution in [-0.4, -0.2) is 33.4 Å². The van der Waals surface area contributed by atoms with Gasteiger partial charge in [0.1, 0.15) is 5.15 Å². The first-order valence-electron chi connectivity index (χ1n) is 6.15. The van der Waals surface area contributed by atoms with E-state index in [1.54, 1.807) is 17.8 Å². The van der Waals surface area contributed by atoms with Gasteiger partial charge in [-0.05, 0) is 25.8 Å². The molecule has 0 aliphatic rings. The summed E-state index contributed by atoms with van der Waals surface area (Å²) in [5.74, 6) is -0.201. The molecular weight excluding hydrogens is 266 g/mol. The van der Waals surface area contributed by atoms with Crippen molar-refractivity contribution in [3.8, 4) is 0 Å². The van der Waals surface area contributed by atoms with Gasteiger partial charge in [-0.3, -0.25) is 9.48 Å². The zero-order valence-corrected chi connectivity index (χ0v) is 12.4. The van der Waals surface area contributed by atoms with Crippen LogP contribution in [0.15, 0.2) is 6.08 Å². The maximum Gasteiger partial charge on any atom is 0.244 e. The lowest BCUT2D eigenvalue weighted by molar-refractivity contribution is -0.117. The van der Waals surface area contributed by atoms with Crippen LogP contribution in [0.4, 0.5) is 0 Å². The number of amides is 1. The van der Waals surface area contributed by atoms with Gasteiger partial charge in [0.2, 0.25) is 5.91 Å². The van der Waals surface area contributed by atoms with E-state index in [4.69, 9.17) is 16.7 Å². The normalized spacial score (nSPS) is 14.6. The van der Waals surface area contributed by atoms with Crippen LogP contribution in [0.3, 0.4) is 0 Å². The van der Waals surface area contributed by atoms with Crippen LogP contribution in [-0.2, 0) is 11.8 Å². The average Bonchev–Trinajstić information content (AvgIpc) is 2.60. The highest BCUT2D eigenvalue weighted by atomic mass is 35.5. The summed E-state index contributed by atoms with van der Waals surface area (Å²) in [6.07, 6.45) is 3.08. The summed E-state index contributed by atoms with van der Waals surface area (Å²) in [7, 11) is 1.75. The Morgan fingerprint density at radius 2 is 2.21 bits per heavy atom. The molecule has 0 saturated heterocycles. The minimum Gasteiger partial charge on any atom is -0.396 e. The standard InChI is InChI=1S/C13H20ClN3O2/c1-8(7-18)9(2)15-12(19)6-5-11-10(3)16-17(4)13(11)14/h5-6,8-9,18H,7H2,1-4H3,(H,15,19)/b6-5+. The molecule has 106 valence electrons. The van der Waals surface area contributed by atoms with Crippen molar-refractivity contribution >= 4 is 23.6 Å². The van der Waals surface area contributed by atoms with Crippen molar-refractivity contribution in [1.29, 1.82) is 0 Å². The van der Waals surface area contributed by atoms with Crippen molar-refractivity contribution < 1.29 is 9.90 Å². The third-order valence-corrected chi connectivity index (χ3v) is 3.56. The predicted octanol–water partition coefficient (Wildman–Crippen LogP) is 1.53. The highest BCUT2D eigenvalue weighted by Crippen LogP contribution is 2.19. The smallest absolute Gasteiger partial charge is 0.244 e. The molecule has 1 heterocycles. The van der Waals surface area contributed by atoms with E-state index in [1.165, 1.54) is 6.08 Å². The summed E-state index contributed by atoms with van der Waals surface area (Å²) in [5, 5.41) is 16.5. The van der Waals surface area contributed by atoms with Crippen LogP contribution < -0.4 is 5.32 Å². The lowest BCUT2D eigenvalue weighted by Gasteiger charge is -2.17. The number of hydrogen-bond donors (Lipinski definition) is 2. The Kier molecular flexibility index (Phi) is 5.57. The van der Waals surface area contributed by atoms with Gasteiger partial charge in [0.25, 0.3) is 0 Å². The monoisotopic (exact) mass is 285 g/mol. The van der Waals surface area contributed by atoms with Crippen molar-refractivity contribution in [1.82, 2.24) is 15.1 Å². The third-order valence-electron chi connectivity index (χ3n) is 3.11. The molecule has 0 radical (unpaired) electrons. The van der Waals surface area contributed by atoms with E-state index in [-0.39, 0.29) is 24.5 Å². The fourth-order valence-electron chi connectivity index (χ4n) is 1.57. The fourth-order valence-corrected chi connectivity index (χ4v) is 1.81. The molecule has 0 spiro atoms. The number of nitrogens with zero attached hydrogens (tertiary/aromatic N) is 2. The zero-order valence-electron chi connectivity index (χ0n) is 11.6. The number of carbonyl (C=O) groups is 1. The molecule has 2 unspecified atom stereocenters. The Hall–Kier alpha value is -1.33. The minimum atomic E-state index is -0.216. The van der Waals surface area contributed by atoms with Crippen LogP contribution in [0.5, 0.6) is 0 Å². The Bertz CT molecular complexity index is 482. The second kappa shape index (κ2) is 6.73. The Morgan fingerprint density at radius 3 is 2.68 bits per heavy atom. The molecule has 0 saturated carbocycles. The highest BCUT2D eigenvalue weighted by molar-refractivity contribution is 6.31. The largest absolute Gasteiger partial charge is 0.396 e. The molecule has 2 atom stereocenters. The zero-order chi connectivity index (χ0) is 14.6. The van der Waals surface area contributed by atoms with Crippen molar-refractivity contribution in [3.05, 3.63) is 22.5 Å². The molecule has 5 nitrogen and oxygen atoms in total. The van der Waals surface area contributed by atoms with Crippen LogP contribution in [0.1, 0.15) is 25.1 Å². The van der Waals surface area contributed by atoms with Gasteiger partial charge in [-0.2, -0.15) is 5.10 Å². The van der Waals surface area contributed by atoms with Gasteiger partial charge in [-0.15, -0.1) is 0 Å². The Balaban J connectivity index is 2.69. The number of hydrogen-bond acceptors (Lipinski definition) is 3. The van der Waals surface area contributed by atoms with E-state index in [2.05, 4.69) is 10.4 Å². The molecule has 0 aromatic carbocycles. The van der Waals surface area contributed by atoms with Gasteiger partial charge in [-0.1, -0.05) is 18.5 Å². The molecule has 1 amide bonds. The number of halogens is 1. The lowest BCUT2D eigenvalue weighted by Crippen LogP contribution is -2.37. The number of aliphatic hydroxyl groups excluding tert-OH is 1. The number of aromatic nitrogens is 2. The first-order chi connectivity index (χ1) is 8.86. The van der Waals surface area contributed by atoms with Crippen LogP contribution >= 0.6 is 11.6 Å². The molecule has 1 rings (SSSR count). The first-order valence-corrected chi connectivity index (χ1v) is 6.53. The maximum atomic E-state index is 11.7. The van der Waals surface area contributed by atoms with Crippen LogP contribution in [0.25, 0.3) is 6.08 Å². The van der Waals surface area contributed by atoms with Crippen molar-refractivity contribution in [2.24, 2.45) is 13.0 Å². The van der Waals surface area contributed by atoms with Crippen LogP contribution in [0, 0.1) is 12.8 Å². The molecule has 19 heavy (non-hydrogen) atoms. The highest BCUT2D eigenvalue weighted by Gasteiger charge is 2.13. The summed E-state index contributed by atoms with van der Waals surface area (Å²) in [6.45, 7) is 5.60. The summed E-state index contributed by atoms with van der Waals surface area (Å²) >= 11 is 6.06. The summed E-state index contributed by atoms with van der Waals surface area (Å²) in [4.78, 5) is 11.7. The van der Waals surface area contributed by atoms with Gasteiger partial charge in [0.05, 0.1) is 5.69 Å². The number of nitrogens with one attached hydrogen (secondary N) is 1. The number of carbonyl (C=O) groups excluding carboxylic acids is 1. The molecule has 2 N–H and O–H groups in total. The van der Waals surface area contributed by atoms with Gasteiger partial charge >= 0.3 is 0 Å². The SMILES string of the molecule is Cc1nn(C)c(Cl)c1/C=C/C(=O)NC(C)C(C)CO. The van der Waals surface area contributed by atoms with Crippen molar-refractivity contribution in [2.45, 2.75) is 26.8 Å². The topological polar surface area (TPSA) is 67.2 Å². The average molecular weight is 286 g/mol.